The highest BCUT2D eigenvalue weighted by molar-refractivity contribution is 5.94. The molecule has 2 heterocycles. The lowest BCUT2D eigenvalue weighted by Gasteiger charge is -2.12. The molecule has 5 rings (SSSR count). The first kappa shape index (κ1) is 22.5. The van der Waals surface area contributed by atoms with E-state index in [4.69, 9.17) is 4.74 Å². The van der Waals surface area contributed by atoms with E-state index in [2.05, 4.69) is 33.6 Å². The molecule has 33 heavy (non-hydrogen) atoms. The standard InChI is InChI=1S/C25H24N4O2.C2H6/c1-31-19-10-6-7-17(15-19)20-11-4-5-12-21(20)23-13-14-26-24-16-22(28-29(23)24)25(30)27-18-8-2-3-9-18;1-2/h4-7,10-16,18H,2-3,8-9H2,1H3,(H,27,30);1-2H3. The van der Waals surface area contributed by atoms with Crippen molar-refractivity contribution in [1.82, 2.24) is 19.9 Å². The van der Waals surface area contributed by atoms with Crippen LogP contribution < -0.4 is 10.1 Å². The summed E-state index contributed by atoms with van der Waals surface area (Å²) in [7, 11) is 1.67. The van der Waals surface area contributed by atoms with Crippen LogP contribution in [-0.2, 0) is 0 Å². The van der Waals surface area contributed by atoms with E-state index in [-0.39, 0.29) is 11.9 Å². The highest BCUT2D eigenvalue weighted by Crippen LogP contribution is 2.33. The average Bonchev–Trinajstić information content (AvgIpc) is 3.55. The molecule has 0 spiro atoms. The van der Waals surface area contributed by atoms with Gasteiger partial charge in [0, 0.05) is 23.9 Å². The third-order valence-corrected chi connectivity index (χ3v) is 5.86. The fourth-order valence-electron chi connectivity index (χ4n) is 4.29. The minimum Gasteiger partial charge on any atom is -0.497 e. The number of carbonyl (C=O) groups is 1. The summed E-state index contributed by atoms with van der Waals surface area (Å²) in [5.41, 5.74) is 5.03. The maximum Gasteiger partial charge on any atom is 0.272 e. The van der Waals surface area contributed by atoms with Crippen LogP contribution in [0, 0.1) is 0 Å². The number of hydrogen-bond acceptors (Lipinski definition) is 4. The van der Waals surface area contributed by atoms with Gasteiger partial charge >= 0.3 is 0 Å². The third-order valence-electron chi connectivity index (χ3n) is 5.86. The van der Waals surface area contributed by atoms with Gasteiger partial charge in [0.1, 0.15) is 5.75 Å². The van der Waals surface area contributed by atoms with E-state index < -0.39 is 0 Å². The number of fused-ring (bicyclic) bond motifs is 1. The summed E-state index contributed by atoms with van der Waals surface area (Å²) in [5, 5.41) is 7.73. The number of ether oxygens (including phenoxy) is 1. The summed E-state index contributed by atoms with van der Waals surface area (Å²) in [6.07, 6.45) is 6.17. The van der Waals surface area contributed by atoms with Crippen molar-refractivity contribution in [1.29, 1.82) is 0 Å². The van der Waals surface area contributed by atoms with Crippen LogP contribution in [0.1, 0.15) is 50.0 Å². The molecule has 1 N–H and O–H groups in total. The Labute approximate surface area is 194 Å². The van der Waals surface area contributed by atoms with Crippen LogP contribution in [-0.4, -0.2) is 33.7 Å². The lowest BCUT2D eigenvalue weighted by Crippen LogP contribution is -2.32. The van der Waals surface area contributed by atoms with Gasteiger partial charge in [-0.25, -0.2) is 9.50 Å². The largest absolute Gasteiger partial charge is 0.497 e. The topological polar surface area (TPSA) is 68.5 Å². The third kappa shape index (κ3) is 4.75. The molecular weight excluding hydrogens is 412 g/mol. The Hall–Kier alpha value is -3.67. The molecule has 0 atom stereocenters. The van der Waals surface area contributed by atoms with Crippen molar-refractivity contribution in [2.24, 2.45) is 0 Å². The van der Waals surface area contributed by atoms with Crippen molar-refractivity contribution in [2.45, 2.75) is 45.6 Å². The van der Waals surface area contributed by atoms with Gasteiger partial charge in [0.15, 0.2) is 11.3 Å². The molecule has 0 bridgehead atoms. The molecule has 1 saturated carbocycles. The first-order valence-electron chi connectivity index (χ1n) is 11.6. The number of nitrogens with zero attached hydrogens (tertiary/aromatic N) is 3. The number of nitrogens with one attached hydrogen (secondary N) is 1. The molecule has 1 fully saturated rings. The summed E-state index contributed by atoms with van der Waals surface area (Å²) in [4.78, 5) is 17.2. The molecule has 1 aliphatic carbocycles. The molecule has 2 aromatic carbocycles. The minimum absolute atomic E-state index is 0.135. The number of carbonyl (C=O) groups excluding carboxylic acids is 1. The van der Waals surface area contributed by atoms with Gasteiger partial charge in [-0.2, -0.15) is 5.10 Å². The Bertz CT molecular complexity index is 1240. The van der Waals surface area contributed by atoms with Gasteiger partial charge in [-0.3, -0.25) is 4.79 Å². The number of benzene rings is 2. The van der Waals surface area contributed by atoms with Crippen molar-refractivity contribution in [2.75, 3.05) is 7.11 Å². The van der Waals surface area contributed by atoms with E-state index in [9.17, 15) is 4.79 Å². The van der Waals surface area contributed by atoms with Gasteiger partial charge < -0.3 is 10.1 Å². The Morgan fingerprint density at radius 2 is 1.76 bits per heavy atom. The summed E-state index contributed by atoms with van der Waals surface area (Å²) in [6.45, 7) is 4.00. The summed E-state index contributed by atoms with van der Waals surface area (Å²) < 4.78 is 7.16. The van der Waals surface area contributed by atoms with E-state index in [1.54, 1.807) is 23.9 Å². The van der Waals surface area contributed by atoms with Gasteiger partial charge in [0.25, 0.3) is 5.91 Å². The van der Waals surface area contributed by atoms with Gasteiger partial charge in [-0.1, -0.05) is 63.1 Å². The summed E-state index contributed by atoms with van der Waals surface area (Å²) in [5.74, 6) is 0.668. The number of aromatic nitrogens is 3. The van der Waals surface area contributed by atoms with Crippen LogP contribution in [0.3, 0.4) is 0 Å². The fourth-order valence-corrected chi connectivity index (χ4v) is 4.29. The predicted molar refractivity (Wildman–Crippen MR) is 131 cm³/mol. The van der Waals surface area contributed by atoms with Gasteiger partial charge in [0.2, 0.25) is 0 Å². The molecule has 170 valence electrons. The fraction of sp³-hybridized carbons (Fsp3) is 0.296. The quantitative estimate of drug-likeness (QED) is 0.426. The molecule has 1 aliphatic rings. The van der Waals surface area contributed by atoms with Gasteiger partial charge in [-0.05, 0) is 42.2 Å². The zero-order valence-corrected chi connectivity index (χ0v) is 19.4. The SMILES string of the molecule is CC.COc1cccc(-c2ccccc2-c2ccnc3cc(C(=O)NC4CCCC4)nn23)c1. The van der Waals surface area contributed by atoms with Crippen LogP contribution in [0.15, 0.2) is 66.9 Å². The van der Waals surface area contributed by atoms with Crippen molar-refractivity contribution in [3.05, 3.63) is 72.6 Å². The van der Waals surface area contributed by atoms with Crippen molar-refractivity contribution < 1.29 is 9.53 Å². The highest BCUT2D eigenvalue weighted by Gasteiger charge is 2.21. The van der Waals surface area contributed by atoms with Crippen LogP contribution in [0.25, 0.3) is 28.0 Å². The summed E-state index contributed by atoms with van der Waals surface area (Å²) in [6, 6.07) is 20.1. The second-order valence-electron chi connectivity index (χ2n) is 7.86. The smallest absolute Gasteiger partial charge is 0.272 e. The maximum atomic E-state index is 12.7. The van der Waals surface area contributed by atoms with Crippen LogP contribution >= 0.6 is 0 Å². The second kappa shape index (κ2) is 10.3. The van der Waals surface area contributed by atoms with Crippen LogP contribution in [0.5, 0.6) is 5.75 Å². The van der Waals surface area contributed by atoms with Gasteiger partial charge in [-0.15, -0.1) is 0 Å². The van der Waals surface area contributed by atoms with Crippen molar-refractivity contribution >= 4 is 11.6 Å². The predicted octanol–water partition coefficient (Wildman–Crippen LogP) is 5.77. The Morgan fingerprint density at radius 1 is 1.00 bits per heavy atom. The molecule has 0 radical (unpaired) electrons. The highest BCUT2D eigenvalue weighted by atomic mass is 16.5. The normalized spacial score (nSPS) is 13.4. The average molecular weight is 443 g/mol. The Balaban J connectivity index is 0.00000126. The van der Waals surface area contributed by atoms with Crippen LogP contribution in [0.4, 0.5) is 0 Å². The maximum absolute atomic E-state index is 12.7. The number of methoxy groups -OCH3 is 1. The van der Waals surface area contributed by atoms with Gasteiger partial charge in [0.05, 0.1) is 12.8 Å². The van der Waals surface area contributed by atoms with E-state index >= 15 is 0 Å². The van der Waals surface area contributed by atoms with Crippen molar-refractivity contribution in [3.8, 4) is 28.1 Å². The lowest BCUT2D eigenvalue weighted by atomic mass is 9.97. The lowest BCUT2D eigenvalue weighted by molar-refractivity contribution is 0.0932. The first-order valence-corrected chi connectivity index (χ1v) is 11.6. The molecule has 6 heteroatoms. The molecule has 0 saturated heterocycles. The Kier molecular flexibility index (Phi) is 7.03. The molecule has 1 amide bonds. The van der Waals surface area contributed by atoms with E-state index in [1.807, 2.05) is 50.2 Å². The number of hydrogen-bond donors (Lipinski definition) is 1. The molecule has 6 nitrogen and oxygen atoms in total. The molecule has 4 aromatic rings. The van der Waals surface area contributed by atoms with Crippen molar-refractivity contribution in [3.63, 3.8) is 0 Å². The van der Waals surface area contributed by atoms with E-state index in [0.717, 1.165) is 41.0 Å². The minimum atomic E-state index is -0.135. The second-order valence-corrected chi connectivity index (χ2v) is 7.86. The first-order chi connectivity index (χ1) is 16.2. The molecule has 0 aliphatic heterocycles. The van der Waals surface area contributed by atoms with E-state index in [0.29, 0.717) is 11.3 Å². The zero-order valence-electron chi connectivity index (χ0n) is 19.4. The molecular formula is C27H30N4O2. The van der Waals surface area contributed by atoms with Crippen LogP contribution in [0.2, 0.25) is 0 Å². The monoisotopic (exact) mass is 442 g/mol. The summed E-state index contributed by atoms with van der Waals surface area (Å²) >= 11 is 0. The molecule has 0 unspecified atom stereocenters. The molecule has 2 aromatic heterocycles. The van der Waals surface area contributed by atoms with E-state index in [1.165, 1.54) is 12.8 Å². The number of amides is 1. The number of rotatable bonds is 5. The zero-order chi connectivity index (χ0) is 23.2. The Morgan fingerprint density at radius 3 is 2.52 bits per heavy atom.